The quantitative estimate of drug-likeness (QED) is 0.349. The Balaban J connectivity index is 3.21. The van der Waals surface area contributed by atoms with E-state index in [1.807, 2.05) is 38.1 Å². The van der Waals surface area contributed by atoms with Crippen molar-refractivity contribution in [2.75, 3.05) is 14.2 Å². The maximum absolute atomic E-state index is 8.75. The number of rotatable bonds is 6. The fraction of sp³-hybridized carbons (Fsp3) is 0.333. The number of aliphatic imine (C=N–C) groups is 1. The molecule has 0 heterocycles. The summed E-state index contributed by atoms with van der Waals surface area (Å²) in [7, 11) is 2.81. The highest BCUT2D eigenvalue weighted by molar-refractivity contribution is 6.45. The second kappa shape index (κ2) is 9.13. The third-order valence-electron chi connectivity index (χ3n) is 2.47. The molecule has 7 heteroatoms. The van der Waals surface area contributed by atoms with Gasteiger partial charge in [-0.1, -0.05) is 34.6 Å². The molecule has 0 N–H and O–H groups in total. The first kappa shape index (κ1) is 17.2. The molecule has 0 aliphatic heterocycles. The maximum atomic E-state index is 8.75. The van der Waals surface area contributed by atoms with E-state index in [2.05, 4.69) is 15.3 Å². The molecule has 0 atom stereocenters. The summed E-state index contributed by atoms with van der Waals surface area (Å²) in [4.78, 5) is 13.7. The van der Waals surface area contributed by atoms with Gasteiger partial charge >= 0.3 is 0 Å². The fourth-order valence-electron chi connectivity index (χ4n) is 1.64. The van der Waals surface area contributed by atoms with Crippen molar-refractivity contribution in [2.24, 2.45) is 15.3 Å². The van der Waals surface area contributed by atoms with Crippen LogP contribution in [0.25, 0.3) is 0 Å². The summed E-state index contributed by atoms with van der Waals surface area (Å²) in [5.41, 5.74) is 2.62. The minimum atomic E-state index is 0.0620. The fourth-order valence-corrected chi connectivity index (χ4v) is 1.64. The van der Waals surface area contributed by atoms with E-state index in [0.29, 0.717) is 11.3 Å². The van der Waals surface area contributed by atoms with E-state index in [9.17, 15) is 0 Å². The molecule has 0 fully saturated rings. The summed E-state index contributed by atoms with van der Waals surface area (Å²) < 4.78 is 5.11. The number of benzene rings is 1. The van der Waals surface area contributed by atoms with Crippen LogP contribution < -0.4 is 0 Å². The van der Waals surface area contributed by atoms with Gasteiger partial charge in [0.2, 0.25) is 6.19 Å². The predicted molar refractivity (Wildman–Crippen MR) is 83.6 cm³/mol. The van der Waals surface area contributed by atoms with Crippen LogP contribution in [0.2, 0.25) is 0 Å². The molecule has 0 aromatic heterocycles. The average molecular weight is 302 g/mol. The van der Waals surface area contributed by atoms with Crippen molar-refractivity contribution in [3.8, 4) is 6.19 Å². The van der Waals surface area contributed by atoms with Crippen molar-refractivity contribution in [1.29, 1.82) is 5.26 Å². The van der Waals surface area contributed by atoms with Gasteiger partial charge in [0.15, 0.2) is 5.71 Å². The van der Waals surface area contributed by atoms with Crippen LogP contribution in [0.5, 0.6) is 0 Å². The highest BCUT2D eigenvalue weighted by Crippen LogP contribution is 2.14. The minimum absolute atomic E-state index is 0.0620. The summed E-state index contributed by atoms with van der Waals surface area (Å²) in [5.74, 6) is 0.0620. The largest absolute Gasteiger partial charge is 0.479 e. The number of nitrogens with zero attached hydrogens (tertiary/aromatic N) is 4. The van der Waals surface area contributed by atoms with Crippen LogP contribution in [0.4, 0.5) is 0 Å². The molecule has 0 aliphatic rings. The van der Waals surface area contributed by atoms with E-state index in [0.717, 1.165) is 11.3 Å². The van der Waals surface area contributed by atoms with Crippen LogP contribution in [0, 0.1) is 11.5 Å². The molecule has 1 rings (SSSR count). The highest BCUT2D eigenvalue weighted by atomic mass is 16.6. The van der Waals surface area contributed by atoms with Gasteiger partial charge in [-0.25, -0.2) is 0 Å². The van der Waals surface area contributed by atoms with Crippen LogP contribution in [-0.2, 0) is 21.0 Å². The molecule has 0 aliphatic carbocycles. The number of nitriles is 1. The zero-order chi connectivity index (χ0) is 16.4. The SMILES string of the molecule is CO/N=C(/C(=NC#N)OC)c1ccccc1CON=C(C)C. The van der Waals surface area contributed by atoms with Crippen molar-refractivity contribution >= 4 is 17.3 Å². The van der Waals surface area contributed by atoms with Crippen LogP contribution in [0.3, 0.4) is 0 Å². The van der Waals surface area contributed by atoms with E-state index in [4.69, 9.17) is 19.7 Å². The summed E-state index contributed by atoms with van der Waals surface area (Å²) in [6.45, 7) is 3.92. The van der Waals surface area contributed by atoms with Gasteiger partial charge in [-0.05, 0) is 13.8 Å². The molecule has 1 aromatic carbocycles. The van der Waals surface area contributed by atoms with Crippen molar-refractivity contribution in [2.45, 2.75) is 20.5 Å². The molecular formula is C15H18N4O3. The topological polar surface area (TPSA) is 88.6 Å². The zero-order valence-corrected chi connectivity index (χ0v) is 13.0. The summed E-state index contributed by atoms with van der Waals surface area (Å²) in [6.07, 6.45) is 1.68. The van der Waals surface area contributed by atoms with E-state index in [1.54, 1.807) is 6.19 Å². The first-order valence-corrected chi connectivity index (χ1v) is 6.47. The molecule has 0 amide bonds. The van der Waals surface area contributed by atoms with E-state index >= 15 is 0 Å². The number of hydrogen-bond donors (Lipinski definition) is 0. The lowest BCUT2D eigenvalue weighted by atomic mass is 10.0. The molecule has 0 spiro atoms. The normalized spacial score (nSPS) is 11.4. The molecule has 0 unspecified atom stereocenters. The van der Waals surface area contributed by atoms with Gasteiger partial charge in [-0.15, -0.1) is 4.99 Å². The van der Waals surface area contributed by atoms with Crippen LogP contribution in [-0.4, -0.2) is 31.5 Å². The monoisotopic (exact) mass is 302 g/mol. The molecule has 22 heavy (non-hydrogen) atoms. The Hall–Kier alpha value is -2.88. The molecule has 0 saturated carbocycles. The first-order chi connectivity index (χ1) is 10.6. The van der Waals surface area contributed by atoms with Crippen LogP contribution in [0.15, 0.2) is 39.6 Å². The van der Waals surface area contributed by atoms with Gasteiger partial charge in [0.25, 0.3) is 5.90 Å². The Morgan fingerprint density at radius 3 is 2.50 bits per heavy atom. The number of hydrogen-bond acceptors (Lipinski definition) is 7. The van der Waals surface area contributed by atoms with E-state index < -0.39 is 0 Å². The number of methoxy groups -OCH3 is 1. The average Bonchev–Trinajstić information content (AvgIpc) is 2.51. The molecule has 0 radical (unpaired) electrons. The predicted octanol–water partition coefficient (Wildman–Crippen LogP) is 2.48. The van der Waals surface area contributed by atoms with Gasteiger partial charge in [0, 0.05) is 11.1 Å². The Morgan fingerprint density at radius 1 is 1.18 bits per heavy atom. The Labute approximate surface area is 129 Å². The van der Waals surface area contributed by atoms with Gasteiger partial charge in [0.1, 0.15) is 13.7 Å². The Bertz CT molecular complexity index is 626. The van der Waals surface area contributed by atoms with Gasteiger partial charge < -0.3 is 14.4 Å². The minimum Gasteiger partial charge on any atom is -0.479 e. The van der Waals surface area contributed by atoms with Gasteiger partial charge in [-0.3, -0.25) is 0 Å². The number of oxime groups is 2. The van der Waals surface area contributed by atoms with Crippen molar-refractivity contribution in [3.63, 3.8) is 0 Å². The third-order valence-corrected chi connectivity index (χ3v) is 2.47. The van der Waals surface area contributed by atoms with Crippen LogP contribution in [0.1, 0.15) is 25.0 Å². The summed E-state index contributed by atoms with van der Waals surface area (Å²) in [6, 6.07) is 7.37. The highest BCUT2D eigenvalue weighted by Gasteiger charge is 2.17. The molecular weight excluding hydrogens is 284 g/mol. The van der Waals surface area contributed by atoms with E-state index in [-0.39, 0.29) is 12.5 Å². The molecule has 116 valence electrons. The van der Waals surface area contributed by atoms with Crippen LogP contribution >= 0.6 is 0 Å². The van der Waals surface area contributed by atoms with Crippen molar-refractivity contribution < 1.29 is 14.4 Å². The lowest BCUT2D eigenvalue weighted by molar-refractivity contribution is 0.130. The third kappa shape index (κ3) is 4.90. The second-order valence-corrected chi connectivity index (χ2v) is 4.31. The van der Waals surface area contributed by atoms with E-state index in [1.165, 1.54) is 14.2 Å². The molecule has 7 nitrogen and oxygen atoms in total. The van der Waals surface area contributed by atoms with Gasteiger partial charge in [-0.2, -0.15) is 5.26 Å². The van der Waals surface area contributed by atoms with Gasteiger partial charge in [0.05, 0.1) is 12.8 Å². The first-order valence-electron chi connectivity index (χ1n) is 6.47. The smallest absolute Gasteiger partial charge is 0.254 e. The molecule has 0 saturated heterocycles. The molecule has 1 aromatic rings. The lowest BCUT2D eigenvalue weighted by Crippen LogP contribution is -2.20. The lowest BCUT2D eigenvalue weighted by Gasteiger charge is -2.11. The number of ether oxygens (including phenoxy) is 1. The van der Waals surface area contributed by atoms with Crippen molar-refractivity contribution in [3.05, 3.63) is 35.4 Å². The summed E-state index contributed by atoms with van der Waals surface area (Å²) in [5, 5.41) is 16.6. The van der Waals surface area contributed by atoms with Crippen molar-refractivity contribution in [1.82, 2.24) is 0 Å². The second-order valence-electron chi connectivity index (χ2n) is 4.31. The summed E-state index contributed by atoms with van der Waals surface area (Å²) >= 11 is 0. The standard InChI is InChI=1S/C15H18N4O3/c1-11(2)18-22-9-12-7-5-6-8-13(12)14(19-21-4)15(20-3)17-10-16/h5-8H,9H2,1-4H3/b17-15?,19-14+. The Kier molecular flexibility index (Phi) is 7.13. The maximum Gasteiger partial charge on any atom is 0.254 e. The Morgan fingerprint density at radius 2 is 1.91 bits per heavy atom. The molecule has 0 bridgehead atoms. The zero-order valence-electron chi connectivity index (χ0n) is 13.0.